The minimum Gasteiger partial charge on any atom is -0.459 e. The molecular formula is C23H22F2N2O5S. The largest absolute Gasteiger partial charge is 0.459 e. The summed E-state index contributed by atoms with van der Waals surface area (Å²) in [6.45, 7) is 1.91. The van der Waals surface area contributed by atoms with Crippen LogP contribution in [0.1, 0.15) is 24.1 Å². The van der Waals surface area contributed by atoms with Crippen LogP contribution in [0, 0.1) is 24.5 Å². The van der Waals surface area contributed by atoms with Crippen molar-refractivity contribution in [2.45, 2.75) is 31.3 Å². The molecule has 174 valence electrons. The minimum atomic E-state index is -4.20. The maximum Gasteiger partial charge on any atom is 0.309 e. The molecule has 1 aliphatic rings. The third-order valence-corrected chi connectivity index (χ3v) is 7.42. The number of rotatable bonds is 6. The summed E-state index contributed by atoms with van der Waals surface area (Å²) in [7, 11) is -4.20. The number of benzene rings is 2. The van der Waals surface area contributed by atoms with Crippen molar-refractivity contribution in [3.05, 3.63) is 71.6 Å². The van der Waals surface area contributed by atoms with Gasteiger partial charge in [0.15, 0.2) is 0 Å². The van der Waals surface area contributed by atoms with E-state index in [-0.39, 0.29) is 32.5 Å². The first-order valence-corrected chi connectivity index (χ1v) is 11.8. The number of hydrogen-bond acceptors (Lipinski definition) is 6. The second-order valence-corrected chi connectivity index (χ2v) is 9.78. The highest BCUT2D eigenvalue weighted by molar-refractivity contribution is 7.89. The van der Waals surface area contributed by atoms with E-state index in [1.807, 2.05) is 31.2 Å². The summed E-state index contributed by atoms with van der Waals surface area (Å²) in [6, 6.07) is 9.94. The van der Waals surface area contributed by atoms with E-state index < -0.39 is 38.4 Å². The molecule has 1 saturated heterocycles. The predicted octanol–water partition coefficient (Wildman–Crippen LogP) is 4.07. The van der Waals surface area contributed by atoms with Crippen molar-refractivity contribution in [1.29, 1.82) is 0 Å². The number of carbonyl (C=O) groups excluding carboxylic acids is 1. The molecule has 0 unspecified atom stereocenters. The summed E-state index contributed by atoms with van der Waals surface area (Å²) in [5.74, 6) is -2.41. The number of hydrogen-bond donors (Lipinski definition) is 0. The zero-order chi connectivity index (χ0) is 23.6. The van der Waals surface area contributed by atoms with Gasteiger partial charge in [-0.05, 0) is 50.1 Å². The van der Waals surface area contributed by atoms with Gasteiger partial charge in [-0.3, -0.25) is 4.79 Å². The molecule has 0 spiro atoms. The van der Waals surface area contributed by atoms with Gasteiger partial charge < -0.3 is 9.15 Å². The molecule has 0 saturated carbocycles. The van der Waals surface area contributed by atoms with Crippen LogP contribution >= 0.6 is 0 Å². The number of sulfonamides is 1. The Morgan fingerprint density at radius 1 is 1.15 bits per heavy atom. The molecule has 0 N–H and O–H groups in total. The van der Waals surface area contributed by atoms with E-state index in [9.17, 15) is 22.0 Å². The predicted molar refractivity (Wildman–Crippen MR) is 114 cm³/mol. The molecule has 3 aromatic rings. The summed E-state index contributed by atoms with van der Waals surface area (Å²) in [5, 5.41) is 0. The van der Waals surface area contributed by atoms with Crippen molar-refractivity contribution >= 4 is 16.0 Å². The molecule has 2 aromatic carbocycles. The molecular weight excluding hydrogens is 454 g/mol. The van der Waals surface area contributed by atoms with Crippen LogP contribution < -0.4 is 0 Å². The Kier molecular flexibility index (Phi) is 6.57. The van der Waals surface area contributed by atoms with Crippen molar-refractivity contribution in [3.8, 4) is 11.5 Å². The van der Waals surface area contributed by atoms with Gasteiger partial charge in [0.1, 0.15) is 35.1 Å². The number of oxazole rings is 1. The highest BCUT2D eigenvalue weighted by atomic mass is 32.2. The lowest BCUT2D eigenvalue weighted by atomic mass is 9.98. The molecule has 33 heavy (non-hydrogen) atoms. The number of nitrogens with zero attached hydrogens (tertiary/aromatic N) is 2. The molecule has 4 rings (SSSR count). The normalized spacial score (nSPS) is 15.5. The number of halogens is 2. The van der Waals surface area contributed by atoms with Gasteiger partial charge in [-0.15, -0.1) is 0 Å². The van der Waals surface area contributed by atoms with Crippen molar-refractivity contribution in [1.82, 2.24) is 9.29 Å². The average Bonchev–Trinajstić information content (AvgIpc) is 3.28. The molecule has 1 fully saturated rings. The summed E-state index contributed by atoms with van der Waals surface area (Å²) in [4.78, 5) is 16.1. The smallest absolute Gasteiger partial charge is 0.309 e. The van der Waals surface area contributed by atoms with E-state index in [1.165, 1.54) is 6.26 Å². The topological polar surface area (TPSA) is 89.7 Å². The summed E-state index contributed by atoms with van der Waals surface area (Å²) in [6.07, 6.45) is 1.84. The van der Waals surface area contributed by atoms with Gasteiger partial charge in [0.2, 0.25) is 15.9 Å². The number of piperidine rings is 1. The van der Waals surface area contributed by atoms with Gasteiger partial charge in [-0.25, -0.2) is 22.2 Å². The molecule has 10 heteroatoms. The van der Waals surface area contributed by atoms with Crippen LogP contribution in [-0.2, 0) is 26.2 Å². The third kappa shape index (κ3) is 5.12. The first-order valence-electron chi connectivity index (χ1n) is 10.4. The fourth-order valence-electron chi connectivity index (χ4n) is 3.61. The first-order chi connectivity index (χ1) is 15.7. The highest BCUT2D eigenvalue weighted by Gasteiger charge is 2.34. The van der Waals surface area contributed by atoms with Crippen molar-refractivity contribution in [2.24, 2.45) is 5.92 Å². The maximum atomic E-state index is 14.0. The minimum absolute atomic E-state index is 0.000411. The molecule has 0 radical (unpaired) electrons. The Bertz CT molecular complexity index is 1250. The number of aromatic nitrogens is 1. The SMILES string of the molecule is Cc1ccc(-c2nc(COC(=O)C3CCN(S(=O)(=O)c4cc(F)ccc4F)CC3)co2)cc1. The average molecular weight is 477 g/mol. The van der Waals surface area contributed by atoms with E-state index in [4.69, 9.17) is 9.15 Å². The van der Waals surface area contributed by atoms with Gasteiger partial charge in [-0.2, -0.15) is 4.31 Å². The van der Waals surface area contributed by atoms with Crippen molar-refractivity contribution < 1.29 is 31.1 Å². The number of carbonyl (C=O) groups is 1. The van der Waals surface area contributed by atoms with E-state index in [1.54, 1.807) is 0 Å². The number of esters is 1. The third-order valence-electron chi connectivity index (χ3n) is 5.51. The van der Waals surface area contributed by atoms with Gasteiger partial charge >= 0.3 is 5.97 Å². The van der Waals surface area contributed by atoms with Crippen LogP contribution in [0.3, 0.4) is 0 Å². The van der Waals surface area contributed by atoms with Crippen LogP contribution in [0.25, 0.3) is 11.5 Å². The molecule has 1 aromatic heterocycles. The molecule has 0 atom stereocenters. The lowest BCUT2D eigenvalue weighted by Gasteiger charge is -2.30. The molecule has 0 aliphatic carbocycles. The van der Waals surface area contributed by atoms with E-state index in [2.05, 4.69) is 4.98 Å². The molecule has 0 bridgehead atoms. The molecule has 0 amide bonds. The summed E-state index contributed by atoms with van der Waals surface area (Å²) < 4.78 is 64.6. The Morgan fingerprint density at radius 2 is 1.85 bits per heavy atom. The molecule has 7 nitrogen and oxygen atoms in total. The number of ether oxygens (including phenoxy) is 1. The summed E-state index contributed by atoms with van der Waals surface area (Å²) >= 11 is 0. The van der Waals surface area contributed by atoms with Crippen LogP contribution in [0.4, 0.5) is 8.78 Å². The lowest BCUT2D eigenvalue weighted by Crippen LogP contribution is -2.40. The van der Waals surface area contributed by atoms with Crippen LogP contribution in [-0.4, -0.2) is 36.8 Å². The standard InChI is InChI=1S/C23H22F2N2O5S/c1-15-2-4-16(5-3-15)22-26-19(13-31-22)14-32-23(28)17-8-10-27(11-9-17)33(29,30)21-12-18(24)6-7-20(21)25/h2-7,12-13,17H,8-11,14H2,1H3. The van der Waals surface area contributed by atoms with Gasteiger partial charge in [0, 0.05) is 18.7 Å². The zero-order valence-corrected chi connectivity index (χ0v) is 18.6. The Morgan fingerprint density at radius 3 is 2.55 bits per heavy atom. The van der Waals surface area contributed by atoms with Gasteiger partial charge in [0.25, 0.3) is 0 Å². The Labute approximate surface area is 190 Å². The fraction of sp³-hybridized carbons (Fsp3) is 0.304. The molecule has 2 heterocycles. The maximum absolute atomic E-state index is 14.0. The van der Waals surface area contributed by atoms with E-state index in [0.29, 0.717) is 17.7 Å². The van der Waals surface area contributed by atoms with E-state index >= 15 is 0 Å². The first kappa shape index (κ1) is 23.1. The summed E-state index contributed by atoms with van der Waals surface area (Å²) in [5.41, 5.74) is 2.38. The Balaban J connectivity index is 1.32. The molecule has 1 aliphatic heterocycles. The highest BCUT2D eigenvalue weighted by Crippen LogP contribution is 2.27. The van der Waals surface area contributed by atoms with Gasteiger partial charge in [0.05, 0.1) is 5.92 Å². The monoisotopic (exact) mass is 476 g/mol. The Hall–Kier alpha value is -3.11. The zero-order valence-electron chi connectivity index (χ0n) is 17.8. The van der Waals surface area contributed by atoms with Crippen molar-refractivity contribution in [2.75, 3.05) is 13.1 Å². The second kappa shape index (κ2) is 9.40. The van der Waals surface area contributed by atoms with Crippen molar-refractivity contribution in [3.63, 3.8) is 0 Å². The second-order valence-electron chi connectivity index (χ2n) is 7.87. The van der Waals surface area contributed by atoms with Crippen LogP contribution in [0.15, 0.2) is 58.0 Å². The fourth-order valence-corrected chi connectivity index (χ4v) is 5.16. The lowest BCUT2D eigenvalue weighted by molar-refractivity contribution is -0.151. The van der Waals surface area contributed by atoms with Crippen LogP contribution in [0.2, 0.25) is 0 Å². The van der Waals surface area contributed by atoms with E-state index in [0.717, 1.165) is 27.6 Å². The van der Waals surface area contributed by atoms with Crippen LogP contribution in [0.5, 0.6) is 0 Å². The quantitative estimate of drug-likeness (QED) is 0.498. The van der Waals surface area contributed by atoms with Gasteiger partial charge in [-0.1, -0.05) is 17.7 Å². The number of aryl methyl sites for hydroxylation is 1.